The van der Waals surface area contributed by atoms with Crippen LogP contribution in [0.3, 0.4) is 0 Å². The summed E-state index contributed by atoms with van der Waals surface area (Å²) in [6.07, 6.45) is 1.31. The topological polar surface area (TPSA) is 67.2 Å². The van der Waals surface area contributed by atoms with E-state index in [9.17, 15) is 14.0 Å². The third-order valence-electron chi connectivity index (χ3n) is 2.18. The zero-order valence-electron chi connectivity index (χ0n) is 8.17. The molecule has 0 bridgehead atoms. The van der Waals surface area contributed by atoms with Crippen molar-refractivity contribution in [2.75, 3.05) is 0 Å². The van der Waals surface area contributed by atoms with Crippen LogP contribution >= 0.6 is 0 Å². The van der Waals surface area contributed by atoms with E-state index in [-0.39, 0.29) is 11.3 Å². The van der Waals surface area contributed by atoms with Gasteiger partial charge in [-0.25, -0.2) is 0 Å². The van der Waals surface area contributed by atoms with Crippen molar-refractivity contribution in [1.82, 2.24) is 14.4 Å². The summed E-state index contributed by atoms with van der Waals surface area (Å²) < 4.78 is 14.6. The van der Waals surface area contributed by atoms with Crippen LogP contribution in [0.25, 0.3) is 5.78 Å². The van der Waals surface area contributed by atoms with Crippen molar-refractivity contribution >= 4 is 5.78 Å². The first-order valence-corrected chi connectivity index (χ1v) is 4.29. The molecule has 0 saturated heterocycles. The number of aromatic nitrogens is 3. The molecule has 1 N–H and O–H groups in total. The Hall–Kier alpha value is -1.98. The number of hydrogen-bond donors (Lipinski definition) is 1. The Morgan fingerprint density at radius 1 is 1.40 bits per heavy atom. The highest BCUT2D eigenvalue weighted by Gasteiger charge is 2.09. The molecule has 0 radical (unpaired) electrons. The van der Waals surface area contributed by atoms with Gasteiger partial charge in [0, 0.05) is 11.8 Å². The van der Waals surface area contributed by atoms with Crippen LogP contribution in [0.1, 0.15) is 11.1 Å². The molecule has 2 aromatic rings. The molecule has 15 heavy (non-hydrogen) atoms. The Morgan fingerprint density at radius 2 is 2.07 bits per heavy atom. The molecule has 0 unspecified atom stereocenters. The van der Waals surface area contributed by atoms with E-state index in [0.717, 1.165) is 4.40 Å². The highest BCUT2D eigenvalue weighted by atomic mass is 19.1. The number of hydrogen-bond acceptors (Lipinski definition) is 3. The summed E-state index contributed by atoms with van der Waals surface area (Å²) >= 11 is 0. The Morgan fingerprint density at radius 3 is 2.73 bits per heavy atom. The van der Waals surface area contributed by atoms with Gasteiger partial charge in [0.15, 0.2) is 0 Å². The minimum Gasteiger partial charge on any atom is -0.292 e. The van der Waals surface area contributed by atoms with Crippen molar-refractivity contribution in [3.05, 3.63) is 44.0 Å². The van der Waals surface area contributed by atoms with Crippen LogP contribution in [0.4, 0.5) is 4.39 Å². The Kier molecular flexibility index (Phi) is 1.92. The lowest BCUT2D eigenvalue weighted by Gasteiger charge is -2.04. The molecule has 6 heteroatoms. The Balaban J connectivity index is 3.06. The number of nitrogens with one attached hydrogen (secondary N) is 1. The zero-order valence-corrected chi connectivity index (χ0v) is 8.17. The predicted molar refractivity (Wildman–Crippen MR) is 51.5 cm³/mol. The van der Waals surface area contributed by atoms with Gasteiger partial charge >= 0.3 is 0 Å². The smallest absolute Gasteiger partial charge is 0.277 e. The summed E-state index contributed by atoms with van der Waals surface area (Å²) in [6.45, 7) is 2.89. The summed E-state index contributed by atoms with van der Waals surface area (Å²) in [4.78, 5) is 28.2. The van der Waals surface area contributed by atoms with E-state index in [4.69, 9.17) is 0 Å². The van der Waals surface area contributed by atoms with E-state index in [1.165, 1.54) is 20.0 Å². The van der Waals surface area contributed by atoms with Crippen LogP contribution in [0.15, 0.2) is 15.8 Å². The summed E-state index contributed by atoms with van der Waals surface area (Å²) in [5, 5.41) is 0. The van der Waals surface area contributed by atoms with Gasteiger partial charge in [0.05, 0.1) is 5.56 Å². The molecule has 2 aromatic heterocycles. The van der Waals surface area contributed by atoms with E-state index in [0.29, 0.717) is 5.56 Å². The number of aromatic amines is 1. The number of fused-ring (bicyclic) bond motifs is 1. The van der Waals surface area contributed by atoms with E-state index in [1.807, 2.05) is 0 Å². The highest BCUT2D eigenvalue weighted by molar-refractivity contribution is 5.30. The zero-order chi connectivity index (χ0) is 11.2. The van der Waals surface area contributed by atoms with Gasteiger partial charge in [-0.1, -0.05) is 0 Å². The summed E-state index contributed by atoms with van der Waals surface area (Å²) in [6, 6.07) is 0. The highest BCUT2D eigenvalue weighted by Crippen LogP contribution is 2.02. The molecule has 0 aliphatic heterocycles. The maximum atomic E-state index is 13.6. The molecule has 2 heterocycles. The molecule has 5 nitrogen and oxygen atoms in total. The molecule has 0 fully saturated rings. The first-order valence-electron chi connectivity index (χ1n) is 4.29. The van der Waals surface area contributed by atoms with Gasteiger partial charge < -0.3 is 0 Å². The van der Waals surface area contributed by atoms with Crippen molar-refractivity contribution < 1.29 is 4.39 Å². The molecule has 0 spiro atoms. The number of halogens is 1. The molecule has 0 atom stereocenters. The molecule has 2 rings (SSSR count). The summed E-state index contributed by atoms with van der Waals surface area (Å²) in [5.41, 5.74) is -0.776. The van der Waals surface area contributed by atoms with Gasteiger partial charge in [-0.05, 0) is 13.8 Å². The minimum absolute atomic E-state index is 0.0349. The van der Waals surface area contributed by atoms with Crippen LogP contribution < -0.4 is 11.1 Å². The second-order valence-electron chi connectivity index (χ2n) is 3.29. The average molecular weight is 209 g/mol. The minimum atomic E-state index is -0.704. The largest absolute Gasteiger partial charge is 0.292 e. The normalized spacial score (nSPS) is 10.9. The second-order valence-corrected chi connectivity index (χ2v) is 3.29. The molecule has 0 aliphatic rings. The van der Waals surface area contributed by atoms with Gasteiger partial charge in [0.25, 0.3) is 11.1 Å². The van der Waals surface area contributed by atoms with Crippen LogP contribution in [0.2, 0.25) is 0 Å². The average Bonchev–Trinajstić information content (AvgIpc) is 2.19. The first kappa shape index (κ1) is 9.57. The van der Waals surface area contributed by atoms with Crippen LogP contribution in [-0.4, -0.2) is 14.4 Å². The monoisotopic (exact) mass is 209 g/mol. The van der Waals surface area contributed by atoms with Gasteiger partial charge in [0.2, 0.25) is 11.7 Å². The lowest BCUT2D eigenvalue weighted by Crippen LogP contribution is -2.22. The maximum absolute atomic E-state index is 13.6. The summed E-state index contributed by atoms with van der Waals surface area (Å²) in [7, 11) is 0. The quantitative estimate of drug-likeness (QED) is 0.627. The van der Waals surface area contributed by atoms with Crippen molar-refractivity contribution in [2.24, 2.45) is 0 Å². The molecule has 0 aliphatic carbocycles. The van der Waals surface area contributed by atoms with Gasteiger partial charge in [-0.2, -0.15) is 9.37 Å². The predicted octanol–water partition coefficient (Wildman–Crippen LogP) is 0.139. The van der Waals surface area contributed by atoms with Gasteiger partial charge in [-0.3, -0.25) is 19.0 Å². The number of H-pyrrole nitrogens is 1. The molecular weight excluding hydrogens is 201 g/mol. The van der Waals surface area contributed by atoms with E-state index >= 15 is 0 Å². The van der Waals surface area contributed by atoms with E-state index in [2.05, 4.69) is 9.97 Å². The molecule has 78 valence electrons. The summed E-state index contributed by atoms with van der Waals surface area (Å²) in [5.74, 6) is -0.789. The van der Waals surface area contributed by atoms with Crippen molar-refractivity contribution in [3.8, 4) is 0 Å². The first-order chi connectivity index (χ1) is 7.00. The fraction of sp³-hybridized carbons (Fsp3) is 0.222. The van der Waals surface area contributed by atoms with Crippen molar-refractivity contribution in [2.45, 2.75) is 13.8 Å². The van der Waals surface area contributed by atoms with Gasteiger partial charge in [-0.15, -0.1) is 0 Å². The number of rotatable bonds is 0. The molecule has 0 amide bonds. The lowest BCUT2D eigenvalue weighted by atomic mass is 10.3. The van der Waals surface area contributed by atoms with E-state index < -0.39 is 17.1 Å². The lowest BCUT2D eigenvalue weighted by molar-refractivity contribution is 0.547. The van der Waals surface area contributed by atoms with E-state index in [1.54, 1.807) is 0 Å². The molecule has 0 saturated carbocycles. The molecular formula is C9H8FN3O2. The fourth-order valence-corrected chi connectivity index (χ4v) is 1.26. The van der Waals surface area contributed by atoms with Crippen LogP contribution in [0, 0.1) is 19.8 Å². The molecule has 0 aromatic carbocycles. The van der Waals surface area contributed by atoms with Crippen LogP contribution in [-0.2, 0) is 0 Å². The van der Waals surface area contributed by atoms with Crippen molar-refractivity contribution in [3.63, 3.8) is 0 Å². The van der Waals surface area contributed by atoms with Gasteiger partial charge in [0.1, 0.15) is 0 Å². The standard InChI is InChI=1S/C9H8FN3O2/c1-4-3-13-6(10)5(2)8(15)12-9(13)11-7(4)14/h3H,1-2H3,(H,11,12,14,15). The third kappa shape index (κ3) is 1.34. The SMILES string of the molecule is Cc1cn2c(F)c(C)c(=O)[nH]c2nc1=O. The number of nitrogens with zero attached hydrogens (tertiary/aromatic N) is 2. The Labute approximate surface area is 83.2 Å². The number of aryl methyl sites for hydroxylation is 1. The maximum Gasteiger partial charge on any atom is 0.277 e. The fourth-order valence-electron chi connectivity index (χ4n) is 1.26. The van der Waals surface area contributed by atoms with Crippen molar-refractivity contribution in [1.29, 1.82) is 0 Å². The third-order valence-corrected chi connectivity index (χ3v) is 2.18. The van der Waals surface area contributed by atoms with Crippen LogP contribution in [0.5, 0.6) is 0 Å². The second kappa shape index (κ2) is 3.01. The Bertz CT molecular complexity index is 651.